The van der Waals surface area contributed by atoms with Crippen molar-refractivity contribution in [2.45, 2.75) is 36.7 Å². The quantitative estimate of drug-likeness (QED) is 0.734. The number of carbonyl (C=O) groups is 1. The van der Waals surface area contributed by atoms with E-state index in [0.717, 1.165) is 12.0 Å². The first-order valence-corrected chi connectivity index (χ1v) is 11.4. The van der Waals surface area contributed by atoms with E-state index in [9.17, 15) is 13.2 Å². The molecule has 0 aliphatic carbocycles. The van der Waals surface area contributed by atoms with E-state index in [1.54, 1.807) is 12.1 Å². The molecule has 1 amide bonds. The van der Waals surface area contributed by atoms with Crippen LogP contribution in [0.2, 0.25) is 0 Å². The topological polar surface area (TPSA) is 76.2 Å². The standard InChI is InChI=1S/C20H28N2O5S/c1-2-17-5-3-4-6-18(17)28(24,25)22-14-20(15-22)12-16(13-27-20)11-19(23)21-7-9-26-10-8-21/h3-6,16H,2,7-15H2,1H3. The predicted octanol–water partition coefficient (Wildman–Crippen LogP) is 1.28. The molecule has 0 N–H and O–H groups in total. The molecule has 28 heavy (non-hydrogen) atoms. The molecule has 0 bridgehead atoms. The van der Waals surface area contributed by atoms with Crippen molar-refractivity contribution in [2.75, 3.05) is 46.0 Å². The van der Waals surface area contributed by atoms with Crippen molar-refractivity contribution in [1.82, 2.24) is 9.21 Å². The Hall–Kier alpha value is -1.48. The Morgan fingerprint density at radius 2 is 1.93 bits per heavy atom. The maximum absolute atomic E-state index is 13.0. The van der Waals surface area contributed by atoms with Gasteiger partial charge in [-0.15, -0.1) is 0 Å². The molecule has 0 radical (unpaired) electrons. The highest BCUT2D eigenvalue weighted by Gasteiger charge is 2.54. The third kappa shape index (κ3) is 3.70. The number of hydrogen-bond acceptors (Lipinski definition) is 5. The fraction of sp³-hybridized carbons (Fsp3) is 0.650. The summed E-state index contributed by atoms with van der Waals surface area (Å²) < 4.78 is 38.8. The second kappa shape index (κ2) is 7.74. The van der Waals surface area contributed by atoms with Gasteiger partial charge in [-0.25, -0.2) is 8.42 Å². The van der Waals surface area contributed by atoms with Gasteiger partial charge in [0.2, 0.25) is 15.9 Å². The Labute approximate surface area is 166 Å². The first kappa shape index (κ1) is 19.8. The molecular weight excluding hydrogens is 380 g/mol. The summed E-state index contributed by atoms with van der Waals surface area (Å²) in [7, 11) is -3.50. The molecule has 3 aliphatic heterocycles. The van der Waals surface area contributed by atoms with Crippen LogP contribution in [0.1, 0.15) is 25.3 Å². The zero-order valence-electron chi connectivity index (χ0n) is 16.3. The fourth-order valence-electron chi connectivity index (χ4n) is 4.43. The number of nitrogens with zero attached hydrogens (tertiary/aromatic N) is 2. The van der Waals surface area contributed by atoms with Gasteiger partial charge >= 0.3 is 0 Å². The maximum Gasteiger partial charge on any atom is 0.243 e. The van der Waals surface area contributed by atoms with Crippen molar-refractivity contribution in [1.29, 1.82) is 0 Å². The van der Waals surface area contributed by atoms with Crippen LogP contribution < -0.4 is 0 Å². The van der Waals surface area contributed by atoms with Crippen molar-refractivity contribution in [3.8, 4) is 0 Å². The SMILES string of the molecule is CCc1ccccc1S(=O)(=O)N1CC2(CC(CC(=O)N3CCOCC3)CO2)C1. The number of carbonyl (C=O) groups excluding carboxylic acids is 1. The third-order valence-electron chi connectivity index (χ3n) is 6.01. The first-order chi connectivity index (χ1) is 13.4. The second-order valence-electron chi connectivity index (χ2n) is 8.00. The highest BCUT2D eigenvalue weighted by molar-refractivity contribution is 7.89. The van der Waals surface area contributed by atoms with Gasteiger partial charge in [0.1, 0.15) is 0 Å². The first-order valence-electron chi connectivity index (χ1n) is 10.0. The molecule has 8 heteroatoms. The lowest BCUT2D eigenvalue weighted by Gasteiger charge is -2.46. The molecule has 4 rings (SSSR count). The Balaban J connectivity index is 1.35. The number of hydrogen-bond donors (Lipinski definition) is 0. The van der Waals surface area contributed by atoms with E-state index in [1.165, 1.54) is 4.31 Å². The molecule has 154 valence electrons. The van der Waals surface area contributed by atoms with Crippen LogP contribution >= 0.6 is 0 Å². The number of aryl methyl sites for hydroxylation is 1. The van der Waals surface area contributed by atoms with Crippen molar-refractivity contribution < 1.29 is 22.7 Å². The van der Waals surface area contributed by atoms with Gasteiger partial charge in [0.05, 0.1) is 30.3 Å². The van der Waals surface area contributed by atoms with E-state index in [1.807, 2.05) is 24.0 Å². The van der Waals surface area contributed by atoms with Crippen molar-refractivity contribution >= 4 is 15.9 Å². The third-order valence-corrected chi connectivity index (χ3v) is 7.91. The zero-order chi connectivity index (χ0) is 19.8. The highest BCUT2D eigenvalue weighted by Crippen LogP contribution is 2.41. The van der Waals surface area contributed by atoms with Crippen LogP contribution in [0.25, 0.3) is 0 Å². The molecule has 3 fully saturated rings. The average Bonchev–Trinajstić information content (AvgIpc) is 3.12. The van der Waals surface area contributed by atoms with Gasteiger partial charge in [-0.2, -0.15) is 4.31 Å². The van der Waals surface area contributed by atoms with Gasteiger partial charge in [0.25, 0.3) is 0 Å². The molecule has 3 aliphatic rings. The monoisotopic (exact) mass is 408 g/mol. The molecule has 1 unspecified atom stereocenters. The van der Waals surface area contributed by atoms with E-state index >= 15 is 0 Å². The normalized spacial score (nSPS) is 25.0. The lowest BCUT2D eigenvalue weighted by molar-refractivity contribution is -0.136. The van der Waals surface area contributed by atoms with Gasteiger partial charge < -0.3 is 14.4 Å². The molecule has 3 heterocycles. The summed E-state index contributed by atoms with van der Waals surface area (Å²) in [6.07, 6.45) is 1.88. The minimum atomic E-state index is -3.50. The van der Waals surface area contributed by atoms with E-state index in [-0.39, 0.29) is 11.8 Å². The van der Waals surface area contributed by atoms with Gasteiger partial charge in [-0.3, -0.25) is 4.79 Å². The Bertz CT molecular complexity index is 829. The number of sulfonamides is 1. The summed E-state index contributed by atoms with van der Waals surface area (Å²) in [5.74, 6) is 0.303. The molecule has 1 spiro atoms. The van der Waals surface area contributed by atoms with Crippen molar-refractivity contribution in [3.05, 3.63) is 29.8 Å². The number of amides is 1. The molecule has 0 saturated carbocycles. The Morgan fingerprint density at radius 3 is 2.64 bits per heavy atom. The summed E-state index contributed by atoms with van der Waals surface area (Å²) in [5.41, 5.74) is 0.411. The van der Waals surface area contributed by atoms with Crippen LogP contribution in [0.5, 0.6) is 0 Å². The maximum atomic E-state index is 13.0. The van der Waals surface area contributed by atoms with Gasteiger partial charge in [0.15, 0.2) is 0 Å². The van der Waals surface area contributed by atoms with Crippen molar-refractivity contribution in [3.63, 3.8) is 0 Å². The predicted molar refractivity (Wildman–Crippen MR) is 103 cm³/mol. The highest BCUT2D eigenvalue weighted by atomic mass is 32.2. The minimum absolute atomic E-state index is 0.148. The molecule has 1 atom stereocenters. The van der Waals surface area contributed by atoms with E-state index in [2.05, 4.69) is 0 Å². The van der Waals surface area contributed by atoms with Gasteiger partial charge in [0, 0.05) is 32.6 Å². The fourth-order valence-corrected chi connectivity index (χ4v) is 6.31. The van der Waals surface area contributed by atoms with Crippen LogP contribution in [0, 0.1) is 5.92 Å². The number of ether oxygens (including phenoxy) is 2. The molecule has 7 nitrogen and oxygen atoms in total. The average molecular weight is 409 g/mol. The number of benzene rings is 1. The van der Waals surface area contributed by atoms with E-state index < -0.39 is 15.6 Å². The summed E-state index contributed by atoms with van der Waals surface area (Å²) in [6, 6.07) is 7.17. The van der Waals surface area contributed by atoms with Crippen LogP contribution in [-0.2, 0) is 30.7 Å². The van der Waals surface area contributed by atoms with E-state index in [4.69, 9.17) is 9.47 Å². The smallest absolute Gasteiger partial charge is 0.243 e. The van der Waals surface area contributed by atoms with Crippen LogP contribution in [0.4, 0.5) is 0 Å². The Morgan fingerprint density at radius 1 is 1.21 bits per heavy atom. The number of morpholine rings is 1. The minimum Gasteiger partial charge on any atom is -0.378 e. The van der Waals surface area contributed by atoms with Crippen LogP contribution in [-0.4, -0.2) is 75.1 Å². The molecule has 1 aromatic carbocycles. The summed E-state index contributed by atoms with van der Waals surface area (Å²) in [5, 5.41) is 0. The number of rotatable bonds is 5. The largest absolute Gasteiger partial charge is 0.378 e. The zero-order valence-corrected chi connectivity index (χ0v) is 17.1. The summed E-state index contributed by atoms with van der Waals surface area (Å²) in [4.78, 5) is 14.7. The summed E-state index contributed by atoms with van der Waals surface area (Å²) >= 11 is 0. The van der Waals surface area contributed by atoms with Crippen molar-refractivity contribution in [2.24, 2.45) is 5.92 Å². The van der Waals surface area contributed by atoms with E-state index in [0.29, 0.717) is 63.7 Å². The molecule has 0 aromatic heterocycles. The van der Waals surface area contributed by atoms with Gasteiger partial charge in [-0.05, 0) is 30.4 Å². The van der Waals surface area contributed by atoms with Crippen LogP contribution in [0.3, 0.4) is 0 Å². The van der Waals surface area contributed by atoms with Crippen LogP contribution in [0.15, 0.2) is 29.2 Å². The summed E-state index contributed by atoms with van der Waals surface area (Å²) in [6.45, 7) is 5.73. The molecule has 3 saturated heterocycles. The molecular formula is C20H28N2O5S. The van der Waals surface area contributed by atoms with Gasteiger partial charge in [-0.1, -0.05) is 25.1 Å². The second-order valence-corrected chi connectivity index (χ2v) is 9.90. The lowest BCUT2D eigenvalue weighted by Crippen LogP contribution is -2.63. The molecule has 1 aromatic rings. The lowest BCUT2D eigenvalue weighted by atomic mass is 9.87. The Kier molecular flexibility index (Phi) is 5.48.